The van der Waals surface area contributed by atoms with Crippen molar-refractivity contribution in [1.29, 1.82) is 0 Å². The smallest absolute Gasteiger partial charge is 0.340 e. The highest BCUT2D eigenvalue weighted by molar-refractivity contribution is 6.07. The van der Waals surface area contributed by atoms with Gasteiger partial charge in [0.15, 0.2) is 0 Å². The monoisotopic (exact) mass is 273 g/mol. The Balaban J connectivity index is 2.46. The van der Waals surface area contributed by atoms with E-state index in [-0.39, 0.29) is 24.5 Å². The van der Waals surface area contributed by atoms with Gasteiger partial charge >= 0.3 is 5.97 Å². The Morgan fingerprint density at radius 3 is 2.50 bits per heavy atom. The average molecular weight is 273 g/mol. The van der Waals surface area contributed by atoms with Gasteiger partial charge in [-0.05, 0) is 13.0 Å². The second kappa shape index (κ2) is 5.69. The van der Waals surface area contributed by atoms with Crippen molar-refractivity contribution in [1.82, 2.24) is 4.57 Å². The number of carbonyl (C=O) groups is 3. The van der Waals surface area contributed by atoms with Gasteiger partial charge in [0.2, 0.25) is 5.91 Å². The van der Waals surface area contributed by atoms with Crippen LogP contribution in [-0.2, 0) is 9.53 Å². The molecule has 0 saturated carbocycles. The van der Waals surface area contributed by atoms with Crippen LogP contribution in [-0.4, -0.2) is 29.3 Å². The number of fused-ring (bicyclic) bond motifs is 1. The topological polar surface area (TPSA) is 65.4 Å². The van der Waals surface area contributed by atoms with Crippen LogP contribution in [0.2, 0.25) is 0 Å². The molecule has 0 aliphatic heterocycles. The molecule has 0 unspecified atom stereocenters. The van der Waals surface area contributed by atoms with Gasteiger partial charge in [0.25, 0.3) is 0 Å². The van der Waals surface area contributed by atoms with Gasteiger partial charge < -0.3 is 9.53 Å². The first-order valence-corrected chi connectivity index (χ1v) is 6.25. The summed E-state index contributed by atoms with van der Waals surface area (Å²) in [6.45, 7) is 1.45. The molecule has 20 heavy (non-hydrogen) atoms. The molecular weight excluding hydrogens is 258 g/mol. The number of hydrogen-bond donors (Lipinski definition) is 0. The molecule has 1 aromatic carbocycles. The summed E-state index contributed by atoms with van der Waals surface area (Å²) < 4.78 is 6.13. The summed E-state index contributed by atoms with van der Waals surface area (Å²) >= 11 is 0. The molecule has 5 heteroatoms. The highest BCUT2D eigenvalue weighted by Crippen LogP contribution is 2.22. The van der Waals surface area contributed by atoms with Crippen LogP contribution in [0.4, 0.5) is 0 Å². The maximum atomic E-state index is 12.1. The zero-order valence-electron chi connectivity index (χ0n) is 11.4. The maximum absolute atomic E-state index is 12.1. The number of para-hydroxylation sites is 1. The summed E-state index contributed by atoms with van der Waals surface area (Å²) in [6.07, 6.45) is 1.78. The molecule has 0 atom stereocenters. The number of Topliss-reactive ketones (excluding diaryl/α,β-unsaturated/α-hetero) is 1. The minimum atomic E-state index is -0.487. The van der Waals surface area contributed by atoms with Crippen molar-refractivity contribution < 1.29 is 19.1 Å². The van der Waals surface area contributed by atoms with Crippen LogP contribution < -0.4 is 0 Å². The maximum Gasteiger partial charge on any atom is 0.340 e. The lowest BCUT2D eigenvalue weighted by Gasteiger charge is -2.02. The third-order valence-corrected chi connectivity index (χ3v) is 3.08. The fraction of sp³-hybridized carbons (Fsp3) is 0.267. The Morgan fingerprint density at radius 2 is 1.85 bits per heavy atom. The quantitative estimate of drug-likeness (QED) is 0.802. The van der Waals surface area contributed by atoms with Gasteiger partial charge in [0.1, 0.15) is 5.78 Å². The molecular formula is C15H15NO4. The molecule has 2 aromatic rings. The molecule has 0 aliphatic carbocycles. The Hall–Kier alpha value is -2.43. The minimum Gasteiger partial charge on any atom is -0.465 e. The second-order valence-corrected chi connectivity index (χ2v) is 4.52. The van der Waals surface area contributed by atoms with Crippen LogP contribution in [0.3, 0.4) is 0 Å². The third kappa shape index (κ3) is 2.61. The van der Waals surface area contributed by atoms with E-state index in [4.69, 9.17) is 4.74 Å². The lowest BCUT2D eigenvalue weighted by Crippen LogP contribution is -2.10. The van der Waals surface area contributed by atoms with E-state index in [0.29, 0.717) is 16.5 Å². The van der Waals surface area contributed by atoms with E-state index < -0.39 is 5.97 Å². The van der Waals surface area contributed by atoms with Gasteiger partial charge in [-0.15, -0.1) is 0 Å². The fourth-order valence-corrected chi connectivity index (χ4v) is 2.06. The number of nitrogens with zero attached hydrogens (tertiary/aromatic N) is 1. The van der Waals surface area contributed by atoms with Crippen LogP contribution >= 0.6 is 0 Å². The molecule has 5 nitrogen and oxygen atoms in total. The third-order valence-electron chi connectivity index (χ3n) is 3.08. The highest BCUT2D eigenvalue weighted by atomic mass is 16.5. The molecule has 0 bridgehead atoms. The van der Waals surface area contributed by atoms with Gasteiger partial charge in [-0.3, -0.25) is 9.36 Å². The Morgan fingerprint density at radius 1 is 1.15 bits per heavy atom. The summed E-state index contributed by atoms with van der Waals surface area (Å²) in [5.74, 6) is -0.742. The predicted molar refractivity (Wildman–Crippen MR) is 73.8 cm³/mol. The first-order valence-electron chi connectivity index (χ1n) is 6.25. The number of carbonyl (C=O) groups excluding carboxylic acids is 3. The lowest BCUT2D eigenvalue weighted by molar-refractivity contribution is -0.117. The summed E-state index contributed by atoms with van der Waals surface area (Å²) in [4.78, 5) is 34.8. The van der Waals surface area contributed by atoms with Gasteiger partial charge in [-0.25, -0.2) is 4.79 Å². The zero-order chi connectivity index (χ0) is 14.7. The van der Waals surface area contributed by atoms with Crippen molar-refractivity contribution in [3.05, 3.63) is 36.0 Å². The van der Waals surface area contributed by atoms with E-state index in [2.05, 4.69) is 0 Å². The second-order valence-electron chi connectivity index (χ2n) is 4.52. The van der Waals surface area contributed by atoms with Gasteiger partial charge in [-0.2, -0.15) is 0 Å². The predicted octanol–water partition coefficient (Wildman–Crippen LogP) is 2.44. The van der Waals surface area contributed by atoms with Gasteiger partial charge in [0, 0.05) is 24.4 Å². The van der Waals surface area contributed by atoms with Crippen molar-refractivity contribution in [3.63, 3.8) is 0 Å². The van der Waals surface area contributed by atoms with E-state index in [1.165, 1.54) is 24.8 Å². The Bertz CT molecular complexity index is 684. The number of ether oxygens (including phenoxy) is 1. The first-order chi connectivity index (χ1) is 9.54. The molecule has 0 spiro atoms. The van der Waals surface area contributed by atoms with Crippen molar-refractivity contribution in [3.8, 4) is 0 Å². The normalized spacial score (nSPS) is 10.5. The molecule has 2 rings (SSSR count). The number of ketones is 1. The van der Waals surface area contributed by atoms with Crippen molar-refractivity contribution >= 4 is 28.6 Å². The molecule has 0 radical (unpaired) electrons. The number of aromatic nitrogens is 1. The summed E-state index contributed by atoms with van der Waals surface area (Å²) in [7, 11) is 1.30. The molecule has 0 saturated heterocycles. The highest BCUT2D eigenvalue weighted by Gasteiger charge is 2.18. The fourth-order valence-electron chi connectivity index (χ4n) is 2.06. The van der Waals surface area contributed by atoms with Crippen LogP contribution in [0.1, 0.15) is 34.9 Å². The number of esters is 1. The molecule has 0 aliphatic rings. The summed E-state index contributed by atoms with van der Waals surface area (Å²) in [5, 5.41) is 0.663. The Labute approximate surface area is 116 Å². The number of methoxy groups -OCH3 is 1. The first kappa shape index (κ1) is 14.0. The number of benzene rings is 1. The van der Waals surface area contributed by atoms with Crippen molar-refractivity contribution in [2.75, 3.05) is 7.11 Å². The molecule has 104 valence electrons. The average Bonchev–Trinajstić information content (AvgIpc) is 2.83. The summed E-state index contributed by atoms with van der Waals surface area (Å²) in [5.41, 5.74) is 0.987. The van der Waals surface area contributed by atoms with Crippen molar-refractivity contribution in [2.24, 2.45) is 0 Å². The standard InChI is InChI=1S/C15H15NO4/c1-10(17)7-8-14(18)16-9-12(15(19)20-2)11-5-3-4-6-13(11)16/h3-6,9H,7-8H2,1-2H3. The molecule has 0 amide bonds. The van der Waals surface area contributed by atoms with E-state index in [1.54, 1.807) is 24.3 Å². The van der Waals surface area contributed by atoms with E-state index in [9.17, 15) is 14.4 Å². The van der Waals surface area contributed by atoms with Crippen LogP contribution in [0.25, 0.3) is 10.9 Å². The van der Waals surface area contributed by atoms with Crippen molar-refractivity contribution in [2.45, 2.75) is 19.8 Å². The Kier molecular flexibility index (Phi) is 3.98. The van der Waals surface area contributed by atoms with Crippen LogP contribution in [0.5, 0.6) is 0 Å². The van der Waals surface area contributed by atoms with Gasteiger partial charge in [0.05, 0.1) is 18.2 Å². The summed E-state index contributed by atoms with van der Waals surface area (Å²) in [6, 6.07) is 7.10. The number of hydrogen-bond acceptors (Lipinski definition) is 4. The van der Waals surface area contributed by atoms with E-state index in [0.717, 1.165) is 0 Å². The SMILES string of the molecule is COC(=O)c1cn(C(=O)CCC(C)=O)c2ccccc12. The van der Waals surface area contributed by atoms with Crippen LogP contribution in [0, 0.1) is 0 Å². The lowest BCUT2D eigenvalue weighted by atomic mass is 10.2. The largest absolute Gasteiger partial charge is 0.465 e. The molecule has 1 heterocycles. The zero-order valence-corrected chi connectivity index (χ0v) is 11.4. The molecule has 0 fully saturated rings. The van der Waals surface area contributed by atoms with Gasteiger partial charge in [-0.1, -0.05) is 18.2 Å². The van der Waals surface area contributed by atoms with E-state index >= 15 is 0 Å². The minimum absolute atomic E-state index is 0.0389. The molecule has 0 N–H and O–H groups in total. The van der Waals surface area contributed by atoms with E-state index in [1.807, 2.05) is 0 Å². The number of rotatable bonds is 4. The molecule has 1 aromatic heterocycles. The van der Waals surface area contributed by atoms with Crippen LogP contribution in [0.15, 0.2) is 30.5 Å².